The number of nitrogens with zero attached hydrogens (tertiary/aromatic N) is 1. The maximum atomic E-state index is 11.3. The maximum Gasteiger partial charge on any atom is 0.228 e. The van der Waals surface area contributed by atoms with Gasteiger partial charge in [0.15, 0.2) is 5.82 Å². The average molecular weight is 166 g/mol. The van der Waals surface area contributed by atoms with Crippen molar-refractivity contribution in [3.05, 3.63) is 12.3 Å². The van der Waals surface area contributed by atoms with Gasteiger partial charge in [0, 0.05) is 12.0 Å². The second kappa shape index (κ2) is 2.97. The van der Waals surface area contributed by atoms with Gasteiger partial charge in [-0.1, -0.05) is 11.6 Å². The lowest BCUT2D eigenvalue weighted by Crippen LogP contribution is -2.28. The van der Waals surface area contributed by atoms with Crippen LogP contribution in [0.4, 0.5) is 5.82 Å². The van der Waals surface area contributed by atoms with Gasteiger partial charge in [-0.25, -0.2) is 0 Å². The summed E-state index contributed by atoms with van der Waals surface area (Å²) in [5.41, 5.74) is 0. The molecule has 0 bridgehead atoms. The van der Waals surface area contributed by atoms with Crippen molar-refractivity contribution >= 4 is 11.7 Å². The lowest BCUT2D eigenvalue weighted by Gasteiger charge is -2.23. The molecule has 0 unspecified atom stereocenters. The van der Waals surface area contributed by atoms with Crippen LogP contribution in [0, 0.1) is 5.92 Å². The zero-order chi connectivity index (χ0) is 8.39. The quantitative estimate of drug-likeness (QED) is 0.722. The van der Waals surface area contributed by atoms with Crippen molar-refractivity contribution < 1.29 is 9.32 Å². The van der Waals surface area contributed by atoms with E-state index in [1.165, 1.54) is 6.26 Å². The number of aromatic nitrogens is 1. The zero-order valence-corrected chi connectivity index (χ0v) is 6.62. The molecule has 1 amide bonds. The maximum absolute atomic E-state index is 11.3. The third-order valence-electron chi connectivity index (χ3n) is 2.17. The summed E-state index contributed by atoms with van der Waals surface area (Å²) in [5.74, 6) is 0.767. The largest absolute Gasteiger partial charge is 0.363 e. The second-order valence-electron chi connectivity index (χ2n) is 3.00. The highest BCUT2D eigenvalue weighted by Crippen LogP contribution is 2.27. The highest BCUT2D eigenvalue weighted by Gasteiger charge is 2.25. The van der Waals surface area contributed by atoms with Crippen LogP contribution in [0.25, 0.3) is 0 Å². The lowest BCUT2D eigenvalue weighted by atomic mass is 9.85. The van der Waals surface area contributed by atoms with Crippen molar-refractivity contribution in [2.45, 2.75) is 19.3 Å². The van der Waals surface area contributed by atoms with Gasteiger partial charge in [-0.2, -0.15) is 0 Å². The fourth-order valence-corrected chi connectivity index (χ4v) is 1.18. The summed E-state index contributed by atoms with van der Waals surface area (Å²) in [4.78, 5) is 11.3. The Morgan fingerprint density at radius 2 is 2.50 bits per heavy atom. The zero-order valence-electron chi connectivity index (χ0n) is 6.62. The van der Waals surface area contributed by atoms with Crippen LogP contribution in [0.15, 0.2) is 16.9 Å². The standard InChI is InChI=1S/C8H10N2O2/c11-8(6-2-1-3-6)9-7-4-5-12-10-7/h4-6H,1-3H2,(H,9,10,11). The summed E-state index contributed by atoms with van der Waals surface area (Å²) in [5, 5.41) is 6.27. The van der Waals surface area contributed by atoms with Crippen molar-refractivity contribution in [3.63, 3.8) is 0 Å². The molecule has 0 radical (unpaired) electrons. The van der Waals surface area contributed by atoms with Gasteiger partial charge in [-0.3, -0.25) is 4.79 Å². The van der Waals surface area contributed by atoms with Crippen LogP contribution >= 0.6 is 0 Å². The summed E-state index contributed by atoms with van der Waals surface area (Å²) >= 11 is 0. The number of hydrogen-bond donors (Lipinski definition) is 1. The van der Waals surface area contributed by atoms with E-state index in [0.717, 1.165) is 19.3 Å². The number of amides is 1. The van der Waals surface area contributed by atoms with Crippen LogP contribution in [-0.4, -0.2) is 11.1 Å². The predicted octanol–water partition coefficient (Wildman–Crippen LogP) is 1.41. The molecule has 1 aromatic rings. The molecule has 0 aliphatic heterocycles. The number of nitrogens with one attached hydrogen (secondary N) is 1. The van der Waals surface area contributed by atoms with Crippen LogP contribution in [0.3, 0.4) is 0 Å². The number of anilines is 1. The number of hydrogen-bond acceptors (Lipinski definition) is 3. The van der Waals surface area contributed by atoms with Gasteiger partial charge in [0.25, 0.3) is 0 Å². The fraction of sp³-hybridized carbons (Fsp3) is 0.500. The van der Waals surface area contributed by atoms with Crippen LogP contribution < -0.4 is 5.32 Å². The van der Waals surface area contributed by atoms with Crippen molar-refractivity contribution in [1.82, 2.24) is 5.16 Å². The molecule has 12 heavy (non-hydrogen) atoms. The molecule has 4 heteroatoms. The molecule has 0 atom stereocenters. The molecule has 1 aromatic heterocycles. The molecule has 0 aromatic carbocycles. The third kappa shape index (κ3) is 1.32. The summed E-state index contributed by atoms with van der Waals surface area (Å²) in [7, 11) is 0. The summed E-state index contributed by atoms with van der Waals surface area (Å²) in [6.07, 6.45) is 4.61. The number of carbonyl (C=O) groups excluding carboxylic acids is 1. The van der Waals surface area contributed by atoms with Gasteiger partial charge in [0.1, 0.15) is 6.26 Å². The van der Waals surface area contributed by atoms with Gasteiger partial charge in [-0.15, -0.1) is 0 Å². The molecule has 1 heterocycles. The van der Waals surface area contributed by atoms with Crippen molar-refractivity contribution in [1.29, 1.82) is 0 Å². The Bertz CT molecular complexity index is 265. The Morgan fingerprint density at radius 3 is 3.00 bits per heavy atom. The van der Waals surface area contributed by atoms with E-state index < -0.39 is 0 Å². The normalized spacial score (nSPS) is 17.0. The van der Waals surface area contributed by atoms with Gasteiger partial charge >= 0.3 is 0 Å². The minimum absolute atomic E-state index is 0.0650. The number of carbonyl (C=O) groups is 1. The van der Waals surface area contributed by atoms with Crippen LogP contribution in [0.2, 0.25) is 0 Å². The van der Waals surface area contributed by atoms with Gasteiger partial charge in [0.05, 0.1) is 0 Å². The first-order valence-corrected chi connectivity index (χ1v) is 4.07. The van der Waals surface area contributed by atoms with Gasteiger partial charge in [0.2, 0.25) is 5.91 Å². The fourth-order valence-electron chi connectivity index (χ4n) is 1.18. The number of rotatable bonds is 2. The smallest absolute Gasteiger partial charge is 0.228 e. The molecule has 0 spiro atoms. The predicted molar refractivity (Wildman–Crippen MR) is 42.5 cm³/mol. The van der Waals surface area contributed by atoms with Crippen molar-refractivity contribution in [3.8, 4) is 0 Å². The minimum Gasteiger partial charge on any atom is -0.363 e. The van der Waals surface area contributed by atoms with Crippen molar-refractivity contribution in [2.24, 2.45) is 5.92 Å². The van der Waals surface area contributed by atoms with Gasteiger partial charge < -0.3 is 9.84 Å². The van der Waals surface area contributed by atoms with Crippen LogP contribution in [0.5, 0.6) is 0 Å². The van der Waals surface area contributed by atoms with E-state index in [1.54, 1.807) is 6.07 Å². The minimum atomic E-state index is 0.0650. The van der Waals surface area contributed by atoms with Gasteiger partial charge in [-0.05, 0) is 12.8 Å². The molecule has 4 nitrogen and oxygen atoms in total. The van der Waals surface area contributed by atoms with Crippen LogP contribution in [0.1, 0.15) is 19.3 Å². The van der Waals surface area contributed by atoms with E-state index in [2.05, 4.69) is 15.0 Å². The topological polar surface area (TPSA) is 55.1 Å². The lowest BCUT2D eigenvalue weighted by molar-refractivity contribution is -0.122. The molecule has 1 aliphatic carbocycles. The van der Waals surface area contributed by atoms with E-state index in [4.69, 9.17) is 0 Å². The van der Waals surface area contributed by atoms with E-state index in [9.17, 15) is 4.79 Å². The van der Waals surface area contributed by atoms with Crippen molar-refractivity contribution in [2.75, 3.05) is 5.32 Å². The monoisotopic (exact) mass is 166 g/mol. The highest BCUT2D eigenvalue weighted by atomic mass is 16.5. The summed E-state index contributed by atoms with van der Waals surface area (Å²) in [6.45, 7) is 0. The molecular weight excluding hydrogens is 156 g/mol. The SMILES string of the molecule is O=C(Nc1ccon1)C1CCC1. The Morgan fingerprint density at radius 1 is 1.67 bits per heavy atom. The molecule has 1 N–H and O–H groups in total. The second-order valence-corrected chi connectivity index (χ2v) is 3.00. The Balaban J connectivity index is 1.90. The molecule has 1 fully saturated rings. The van der Waals surface area contributed by atoms with E-state index >= 15 is 0 Å². The highest BCUT2D eigenvalue weighted by molar-refractivity contribution is 5.91. The molecular formula is C8H10N2O2. The molecule has 1 saturated carbocycles. The average Bonchev–Trinajstić information content (AvgIpc) is 2.34. The first kappa shape index (κ1) is 7.34. The Labute approximate surface area is 69.9 Å². The molecule has 1 aliphatic rings. The first-order valence-electron chi connectivity index (χ1n) is 4.07. The molecule has 64 valence electrons. The molecule has 0 saturated heterocycles. The van der Waals surface area contributed by atoms with E-state index in [0.29, 0.717) is 5.82 Å². The van der Waals surface area contributed by atoms with E-state index in [-0.39, 0.29) is 11.8 Å². The van der Waals surface area contributed by atoms with E-state index in [1.807, 2.05) is 0 Å². The third-order valence-corrected chi connectivity index (χ3v) is 2.17. The Kier molecular flexibility index (Phi) is 1.81. The summed E-state index contributed by atoms with van der Waals surface area (Å²) in [6, 6.07) is 1.64. The Hall–Kier alpha value is -1.32. The summed E-state index contributed by atoms with van der Waals surface area (Å²) < 4.78 is 4.58. The van der Waals surface area contributed by atoms with Crippen LogP contribution in [-0.2, 0) is 4.79 Å². The molecule has 2 rings (SSSR count). The first-order chi connectivity index (χ1) is 5.86.